The van der Waals surface area contributed by atoms with Gasteiger partial charge in [-0.05, 0) is 25.7 Å². The van der Waals surface area contributed by atoms with Crippen molar-refractivity contribution in [1.29, 1.82) is 0 Å². The third-order valence-electron chi connectivity index (χ3n) is 5.27. The molecule has 1 aliphatic carbocycles. The monoisotopic (exact) mass is 380 g/mol. The number of ether oxygens (including phenoxy) is 2. The van der Waals surface area contributed by atoms with Gasteiger partial charge in [-0.3, -0.25) is 9.59 Å². The summed E-state index contributed by atoms with van der Waals surface area (Å²) in [6.45, 7) is 2.19. The van der Waals surface area contributed by atoms with Crippen molar-refractivity contribution in [2.75, 3.05) is 14.2 Å². The molecule has 1 rings (SSSR count). The molecule has 0 aromatic carbocycles. The Hall–Kier alpha value is -1.46. The van der Waals surface area contributed by atoms with Crippen LogP contribution in [0, 0.1) is 11.8 Å². The van der Waals surface area contributed by atoms with Crippen molar-refractivity contribution in [1.82, 2.24) is 0 Å². The van der Waals surface area contributed by atoms with E-state index in [1.165, 1.54) is 12.8 Å². The van der Waals surface area contributed by atoms with E-state index in [1.807, 2.05) is 12.2 Å². The molecule has 4 atom stereocenters. The zero-order valence-electron chi connectivity index (χ0n) is 17.1. The average Bonchev–Trinajstić information content (AvgIpc) is 2.95. The Bertz CT molecular complexity index is 497. The van der Waals surface area contributed by atoms with Crippen LogP contribution in [0.1, 0.15) is 64.7 Å². The summed E-state index contributed by atoms with van der Waals surface area (Å²) in [4.78, 5) is 23.0. The number of rotatable bonds is 14. The lowest BCUT2D eigenvalue weighted by molar-refractivity contribution is -0.137. The summed E-state index contributed by atoms with van der Waals surface area (Å²) in [5.74, 6) is -0.536. The van der Waals surface area contributed by atoms with E-state index in [9.17, 15) is 9.59 Å². The predicted molar refractivity (Wildman–Crippen MR) is 107 cm³/mol. The number of Topliss-reactive ketones (excluding diaryl/α,β-unsaturated/α-hetero) is 1. The number of methoxy groups -OCH3 is 2. The van der Waals surface area contributed by atoms with E-state index < -0.39 is 5.97 Å². The number of hydrogen-bond donors (Lipinski definition) is 1. The van der Waals surface area contributed by atoms with Crippen LogP contribution in [-0.4, -0.2) is 43.3 Å². The molecule has 2 unspecified atom stereocenters. The average molecular weight is 381 g/mol. The fourth-order valence-electron chi connectivity index (χ4n) is 3.62. The van der Waals surface area contributed by atoms with Crippen molar-refractivity contribution < 1.29 is 24.2 Å². The van der Waals surface area contributed by atoms with Gasteiger partial charge in [-0.1, -0.05) is 50.5 Å². The molecule has 0 aliphatic heterocycles. The number of allylic oxidation sites excluding steroid dienone is 2. The Balaban J connectivity index is 2.62. The molecule has 154 valence electrons. The highest BCUT2D eigenvalue weighted by Crippen LogP contribution is 2.35. The number of carboxylic acid groups (broad SMARTS) is 1. The molecule has 0 heterocycles. The van der Waals surface area contributed by atoms with Crippen molar-refractivity contribution in [3.63, 3.8) is 0 Å². The molecular weight excluding hydrogens is 344 g/mol. The highest BCUT2D eigenvalue weighted by molar-refractivity contribution is 5.84. The smallest absolute Gasteiger partial charge is 0.303 e. The van der Waals surface area contributed by atoms with Crippen LogP contribution < -0.4 is 0 Å². The van der Waals surface area contributed by atoms with Crippen LogP contribution in [0.3, 0.4) is 0 Å². The van der Waals surface area contributed by atoms with E-state index in [0.717, 1.165) is 19.3 Å². The first-order valence-electron chi connectivity index (χ1n) is 10.2. The van der Waals surface area contributed by atoms with E-state index >= 15 is 0 Å². The number of unbranched alkanes of at least 4 members (excludes halogenated alkanes) is 3. The number of ketones is 1. The molecule has 5 nitrogen and oxygen atoms in total. The fraction of sp³-hybridized carbons (Fsp3) is 0.727. The number of carboxylic acids is 1. The Morgan fingerprint density at radius 2 is 2.04 bits per heavy atom. The van der Waals surface area contributed by atoms with Crippen LogP contribution in [0.4, 0.5) is 0 Å². The molecule has 0 radical (unpaired) electrons. The molecule has 0 aromatic heterocycles. The summed E-state index contributed by atoms with van der Waals surface area (Å²) in [7, 11) is 3.39. The highest BCUT2D eigenvalue weighted by atomic mass is 16.5. The summed E-state index contributed by atoms with van der Waals surface area (Å²) < 4.78 is 11.1. The first kappa shape index (κ1) is 23.6. The lowest BCUT2D eigenvalue weighted by atomic mass is 9.90. The second kappa shape index (κ2) is 13.7. The highest BCUT2D eigenvalue weighted by Gasteiger charge is 2.40. The second-order valence-corrected chi connectivity index (χ2v) is 7.28. The molecule has 0 saturated heterocycles. The maximum atomic E-state index is 12.4. The van der Waals surface area contributed by atoms with Gasteiger partial charge in [0.1, 0.15) is 5.78 Å². The van der Waals surface area contributed by atoms with Crippen LogP contribution in [-0.2, 0) is 19.1 Å². The first-order valence-corrected chi connectivity index (χ1v) is 10.2. The molecule has 0 spiro atoms. The van der Waals surface area contributed by atoms with Crippen LogP contribution in [0.5, 0.6) is 0 Å². The lowest BCUT2D eigenvalue weighted by Gasteiger charge is -2.20. The third-order valence-corrected chi connectivity index (χ3v) is 5.27. The molecule has 27 heavy (non-hydrogen) atoms. The minimum atomic E-state index is -0.769. The Kier molecular flexibility index (Phi) is 11.9. The lowest BCUT2D eigenvalue weighted by Crippen LogP contribution is -2.20. The van der Waals surface area contributed by atoms with E-state index in [2.05, 4.69) is 19.1 Å². The quantitative estimate of drug-likeness (QED) is 0.353. The molecule has 1 N–H and O–H groups in total. The minimum Gasteiger partial charge on any atom is -0.481 e. The molecular formula is C22H36O5. The third kappa shape index (κ3) is 8.85. The summed E-state index contributed by atoms with van der Waals surface area (Å²) in [5.41, 5.74) is 0. The largest absolute Gasteiger partial charge is 0.481 e. The van der Waals surface area contributed by atoms with E-state index in [-0.39, 0.29) is 36.2 Å². The zero-order valence-corrected chi connectivity index (χ0v) is 17.1. The maximum absolute atomic E-state index is 12.4. The number of carbonyl (C=O) groups excluding carboxylic acids is 1. The normalized spacial score (nSPS) is 24.3. The van der Waals surface area contributed by atoms with Crippen LogP contribution in [0.25, 0.3) is 0 Å². The van der Waals surface area contributed by atoms with Crippen molar-refractivity contribution in [3.05, 3.63) is 24.3 Å². The van der Waals surface area contributed by atoms with Gasteiger partial charge >= 0.3 is 5.97 Å². The zero-order chi connectivity index (χ0) is 20.1. The summed E-state index contributed by atoms with van der Waals surface area (Å²) >= 11 is 0. The molecule has 5 heteroatoms. The van der Waals surface area contributed by atoms with Crippen LogP contribution in [0.15, 0.2) is 24.3 Å². The van der Waals surface area contributed by atoms with Gasteiger partial charge in [-0.25, -0.2) is 0 Å². The van der Waals surface area contributed by atoms with Crippen molar-refractivity contribution >= 4 is 11.8 Å². The van der Waals surface area contributed by atoms with Crippen molar-refractivity contribution in [2.24, 2.45) is 11.8 Å². The van der Waals surface area contributed by atoms with Gasteiger partial charge in [0.25, 0.3) is 0 Å². The second-order valence-electron chi connectivity index (χ2n) is 7.28. The number of aliphatic carboxylic acids is 1. The SMILES string of the molecule is CCCCCC(/C=C/[C@H]1C(OC)CC(=O)[C@@H]1C/C=C\CCCC(=O)O)OC. The predicted octanol–water partition coefficient (Wildman–Crippen LogP) is 4.56. The van der Waals surface area contributed by atoms with Crippen LogP contribution in [0.2, 0.25) is 0 Å². The van der Waals surface area contributed by atoms with E-state index in [4.69, 9.17) is 14.6 Å². The Morgan fingerprint density at radius 1 is 1.26 bits per heavy atom. The molecule has 0 bridgehead atoms. The van der Waals surface area contributed by atoms with Crippen molar-refractivity contribution in [2.45, 2.75) is 76.9 Å². The first-order chi connectivity index (χ1) is 13.0. The van der Waals surface area contributed by atoms with Gasteiger partial charge < -0.3 is 14.6 Å². The molecule has 0 aromatic rings. The van der Waals surface area contributed by atoms with E-state index in [1.54, 1.807) is 14.2 Å². The van der Waals surface area contributed by atoms with E-state index in [0.29, 0.717) is 19.3 Å². The Labute approximate surface area is 163 Å². The topological polar surface area (TPSA) is 72.8 Å². The van der Waals surface area contributed by atoms with Gasteiger partial charge in [0.15, 0.2) is 0 Å². The van der Waals surface area contributed by atoms with Gasteiger partial charge in [0, 0.05) is 38.9 Å². The molecule has 1 saturated carbocycles. The summed E-state index contributed by atoms with van der Waals surface area (Å²) in [6.07, 6.45) is 15.4. The summed E-state index contributed by atoms with van der Waals surface area (Å²) in [5, 5.41) is 8.66. The minimum absolute atomic E-state index is 0.0648. The standard InChI is InChI=1S/C22H36O5/c1-4-5-8-11-17(26-2)14-15-19-18(20(23)16-21(19)27-3)12-9-6-7-10-13-22(24)25/h6,9,14-15,17-19,21H,4-5,7-8,10-13,16H2,1-3H3,(H,24,25)/b9-6-,15-14+/t17?,18-,19-,21?/m1/s1. The fourth-order valence-corrected chi connectivity index (χ4v) is 3.62. The number of carbonyl (C=O) groups is 2. The van der Waals surface area contributed by atoms with Gasteiger partial charge in [0.05, 0.1) is 12.2 Å². The summed E-state index contributed by atoms with van der Waals surface area (Å²) in [6, 6.07) is 0. The molecule has 1 fully saturated rings. The van der Waals surface area contributed by atoms with Gasteiger partial charge in [-0.15, -0.1) is 0 Å². The molecule has 1 aliphatic rings. The van der Waals surface area contributed by atoms with Gasteiger partial charge in [-0.2, -0.15) is 0 Å². The number of hydrogen-bond acceptors (Lipinski definition) is 4. The maximum Gasteiger partial charge on any atom is 0.303 e. The van der Waals surface area contributed by atoms with Crippen molar-refractivity contribution in [3.8, 4) is 0 Å². The molecule has 0 amide bonds. The Morgan fingerprint density at radius 3 is 2.67 bits per heavy atom. The van der Waals surface area contributed by atoms with Crippen LogP contribution >= 0.6 is 0 Å². The van der Waals surface area contributed by atoms with Gasteiger partial charge in [0.2, 0.25) is 0 Å².